The van der Waals surface area contributed by atoms with Crippen LogP contribution in [0.1, 0.15) is 36.5 Å². The molecule has 3 rings (SSSR count). The number of hydrogen-bond donors (Lipinski definition) is 1. The molecule has 0 aliphatic carbocycles. The molecule has 1 amide bonds. The highest BCUT2D eigenvalue weighted by Gasteiger charge is 2.54. The lowest BCUT2D eigenvalue weighted by atomic mass is 9.96. The first kappa shape index (κ1) is 18.7. The van der Waals surface area contributed by atoms with Crippen molar-refractivity contribution in [2.45, 2.75) is 38.0 Å². The minimum absolute atomic E-state index is 0.161. The average molecular weight is 368 g/mol. The van der Waals surface area contributed by atoms with Gasteiger partial charge in [0.15, 0.2) is 6.04 Å². The molecule has 1 atom stereocenters. The Hall–Kier alpha value is -2.06. The van der Waals surface area contributed by atoms with Gasteiger partial charge in [-0.2, -0.15) is 0 Å². The van der Waals surface area contributed by atoms with Crippen LogP contribution < -0.4 is 0 Å². The lowest BCUT2D eigenvalue weighted by Crippen LogP contribution is -2.58. The number of amides is 1. The maximum Gasteiger partial charge on any atom is 0.328 e. The van der Waals surface area contributed by atoms with Gasteiger partial charge in [0, 0.05) is 25.9 Å². The Morgan fingerprint density at radius 1 is 1.31 bits per heavy atom. The predicted molar refractivity (Wildman–Crippen MR) is 88.6 cm³/mol. The quantitative estimate of drug-likeness (QED) is 0.881. The number of benzene rings is 1. The maximum absolute atomic E-state index is 14.1. The molecular weight excluding hydrogens is 346 g/mol. The van der Waals surface area contributed by atoms with Crippen LogP contribution in [0.2, 0.25) is 0 Å². The van der Waals surface area contributed by atoms with Crippen LogP contribution in [-0.4, -0.2) is 64.8 Å². The summed E-state index contributed by atoms with van der Waals surface area (Å²) < 4.78 is 33.4. The van der Waals surface area contributed by atoms with Crippen LogP contribution in [0, 0.1) is 11.6 Å². The number of likely N-dealkylation sites (tertiary alicyclic amines) is 1. The van der Waals surface area contributed by atoms with E-state index in [4.69, 9.17) is 4.74 Å². The van der Waals surface area contributed by atoms with E-state index in [1.54, 1.807) is 0 Å². The molecule has 2 saturated heterocycles. The SMILES string of the molecule is CCCN1CCC2(CC1)OC[C@@H](C(=O)O)N2C(=O)c1cc(F)ccc1F. The Bertz CT molecular complexity index is 704. The first-order chi connectivity index (χ1) is 12.4. The number of aliphatic carboxylic acids is 1. The topological polar surface area (TPSA) is 70.1 Å². The van der Waals surface area contributed by atoms with E-state index < -0.39 is 40.8 Å². The summed E-state index contributed by atoms with van der Waals surface area (Å²) in [5.74, 6) is -3.71. The molecule has 1 spiro atoms. The van der Waals surface area contributed by atoms with E-state index in [0.29, 0.717) is 25.9 Å². The van der Waals surface area contributed by atoms with Crippen LogP contribution in [0.15, 0.2) is 18.2 Å². The van der Waals surface area contributed by atoms with Crippen LogP contribution in [0.5, 0.6) is 0 Å². The van der Waals surface area contributed by atoms with Crippen molar-refractivity contribution in [1.82, 2.24) is 9.80 Å². The molecule has 2 aliphatic rings. The molecule has 142 valence electrons. The van der Waals surface area contributed by atoms with E-state index in [0.717, 1.165) is 36.1 Å². The van der Waals surface area contributed by atoms with Crippen molar-refractivity contribution in [1.29, 1.82) is 0 Å². The third-order valence-electron chi connectivity index (χ3n) is 5.10. The van der Waals surface area contributed by atoms with Crippen molar-refractivity contribution < 1.29 is 28.2 Å². The number of ether oxygens (including phenoxy) is 1. The second kappa shape index (κ2) is 7.28. The molecular formula is C18H22F2N2O4. The minimum Gasteiger partial charge on any atom is -0.480 e. The fraction of sp³-hybridized carbons (Fsp3) is 0.556. The minimum atomic E-state index is -1.22. The summed E-state index contributed by atoms with van der Waals surface area (Å²) >= 11 is 0. The molecule has 0 bridgehead atoms. The van der Waals surface area contributed by atoms with Crippen LogP contribution in [0.4, 0.5) is 8.78 Å². The Morgan fingerprint density at radius 3 is 2.62 bits per heavy atom. The molecule has 1 aromatic carbocycles. The van der Waals surface area contributed by atoms with Crippen molar-refractivity contribution in [2.24, 2.45) is 0 Å². The highest BCUT2D eigenvalue weighted by molar-refractivity contribution is 5.97. The average Bonchev–Trinajstić information content (AvgIpc) is 2.98. The zero-order valence-corrected chi connectivity index (χ0v) is 14.6. The summed E-state index contributed by atoms with van der Waals surface area (Å²) in [4.78, 5) is 27.9. The summed E-state index contributed by atoms with van der Waals surface area (Å²) in [5.41, 5.74) is -1.57. The second-order valence-electron chi connectivity index (χ2n) is 6.75. The molecule has 1 aromatic rings. The third kappa shape index (κ3) is 3.31. The summed E-state index contributed by atoms with van der Waals surface area (Å²) in [6.07, 6.45) is 1.85. The van der Waals surface area contributed by atoms with E-state index in [1.165, 1.54) is 0 Å². The van der Waals surface area contributed by atoms with E-state index in [1.807, 2.05) is 0 Å². The molecule has 6 nitrogen and oxygen atoms in total. The number of carbonyl (C=O) groups excluding carboxylic acids is 1. The molecule has 2 aliphatic heterocycles. The van der Waals surface area contributed by atoms with Crippen molar-refractivity contribution >= 4 is 11.9 Å². The van der Waals surface area contributed by atoms with E-state index in [2.05, 4.69) is 11.8 Å². The largest absolute Gasteiger partial charge is 0.480 e. The number of nitrogens with zero attached hydrogens (tertiary/aromatic N) is 2. The molecule has 0 unspecified atom stereocenters. The molecule has 2 heterocycles. The standard InChI is InChI=1S/C18H22F2N2O4/c1-2-7-21-8-5-18(6-9-21)22(15(11-26-18)17(24)25)16(23)13-10-12(19)3-4-14(13)20/h3-4,10,15H,2,5-9,11H2,1H3,(H,24,25)/t15-/m0/s1. The van der Waals surface area contributed by atoms with Crippen molar-refractivity contribution in [3.63, 3.8) is 0 Å². The van der Waals surface area contributed by atoms with Gasteiger partial charge in [0.05, 0.1) is 12.2 Å². The van der Waals surface area contributed by atoms with Crippen LogP contribution in [0.3, 0.4) is 0 Å². The lowest BCUT2D eigenvalue weighted by Gasteiger charge is -2.44. The highest BCUT2D eigenvalue weighted by atomic mass is 19.1. The molecule has 0 radical (unpaired) electrons. The Kier molecular flexibility index (Phi) is 5.24. The van der Waals surface area contributed by atoms with Crippen molar-refractivity contribution in [3.05, 3.63) is 35.4 Å². The first-order valence-electron chi connectivity index (χ1n) is 8.76. The number of halogens is 2. The van der Waals surface area contributed by atoms with Crippen LogP contribution in [0.25, 0.3) is 0 Å². The molecule has 2 fully saturated rings. The molecule has 1 N–H and O–H groups in total. The van der Waals surface area contributed by atoms with Gasteiger partial charge in [-0.25, -0.2) is 13.6 Å². The van der Waals surface area contributed by atoms with Gasteiger partial charge in [0.1, 0.15) is 17.4 Å². The van der Waals surface area contributed by atoms with Gasteiger partial charge in [-0.05, 0) is 31.2 Å². The van der Waals surface area contributed by atoms with Gasteiger partial charge < -0.3 is 14.7 Å². The third-order valence-corrected chi connectivity index (χ3v) is 5.10. The Morgan fingerprint density at radius 2 is 2.00 bits per heavy atom. The fourth-order valence-electron chi connectivity index (χ4n) is 3.79. The Balaban J connectivity index is 1.92. The van der Waals surface area contributed by atoms with Crippen LogP contribution >= 0.6 is 0 Å². The second-order valence-corrected chi connectivity index (χ2v) is 6.75. The van der Waals surface area contributed by atoms with E-state index in [-0.39, 0.29) is 6.61 Å². The molecule has 26 heavy (non-hydrogen) atoms. The molecule has 0 saturated carbocycles. The monoisotopic (exact) mass is 368 g/mol. The molecule has 8 heteroatoms. The number of carboxylic acid groups (broad SMARTS) is 1. The van der Waals surface area contributed by atoms with E-state index >= 15 is 0 Å². The Labute approximate surface area is 150 Å². The van der Waals surface area contributed by atoms with E-state index in [9.17, 15) is 23.5 Å². The molecule has 0 aromatic heterocycles. The maximum atomic E-state index is 14.1. The van der Waals surface area contributed by atoms with Gasteiger partial charge >= 0.3 is 5.97 Å². The first-order valence-corrected chi connectivity index (χ1v) is 8.76. The zero-order valence-electron chi connectivity index (χ0n) is 14.6. The van der Waals surface area contributed by atoms with Gasteiger partial charge in [-0.1, -0.05) is 6.92 Å². The normalized spacial score (nSPS) is 22.7. The number of piperidine rings is 1. The number of hydrogen-bond acceptors (Lipinski definition) is 4. The summed E-state index contributed by atoms with van der Waals surface area (Å²) in [5, 5.41) is 9.50. The van der Waals surface area contributed by atoms with Crippen molar-refractivity contribution in [2.75, 3.05) is 26.2 Å². The van der Waals surface area contributed by atoms with Gasteiger partial charge in [0.25, 0.3) is 5.91 Å². The number of rotatable bonds is 4. The summed E-state index contributed by atoms with van der Waals surface area (Å²) in [6, 6.07) is 1.36. The predicted octanol–water partition coefficient (Wildman–Crippen LogP) is 2.09. The lowest BCUT2D eigenvalue weighted by molar-refractivity contribution is -0.143. The number of carboxylic acids is 1. The summed E-state index contributed by atoms with van der Waals surface area (Å²) in [6.45, 7) is 4.11. The van der Waals surface area contributed by atoms with Crippen LogP contribution in [-0.2, 0) is 9.53 Å². The van der Waals surface area contributed by atoms with Gasteiger partial charge in [-0.15, -0.1) is 0 Å². The smallest absolute Gasteiger partial charge is 0.328 e. The zero-order chi connectivity index (χ0) is 18.9. The fourth-order valence-corrected chi connectivity index (χ4v) is 3.79. The number of carbonyl (C=O) groups is 2. The summed E-state index contributed by atoms with van der Waals surface area (Å²) in [7, 11) is 0. The van der Waals surface area contributed by atoms with Gasteiger partial charge in [-0.3, -0.25) is 9.69 Å². The highest BCUT2D eigenvalue weighted by Crippen LogP contribution is 2.38. The van der Waals surface area contributed by atoms with Crippen molar-refractivity contribution in [3.8, 4) is 0 Å². The van der Waals surface area contributed by atoms with Gasteiger partial charge in [0.2, 0.25) is 0 Å².